The zero-order valence-electron chi connectivity index (χ0n) is 14.3. The molecule has 24 heavy (non-hydrogen) atoms. The predicted molar refractivity (Wildman–Crippen MR) is 92.8 cm³/mol. The molecule has 7 heteroatoms. The van der Waals surface area contributed by atoms with Crippen LogP contribution in [0.15, 0.2) is 23.1 Å². The first-order chi connectivity index (χ1) is 11.3. The van der Waals surface area contributed by atoms with E-state index in [0.717, 1.165) is 45.3 Å². The number of carboxylic acids is 1. The van der Waals surface area contributed by atoms with Crippen LogP contribution >= 0.6 is 0 Å². The van der Waals surface area contributed by atoms with Crippen molar-refractivity contribution in [1.82, 2.24) is 9.62 Å². The molecule has 1 aromatic rings. The van der Waals surface area contributed by atoms with Crippen molar-refractivity contribution in [3.63, 3.8) is 0 Å². The van der Waals surface area contributed by atoms with Crippen LogP contribution in [0.3, 0.4) is 0 Å². The first kappa shape index (κ1) is 18.9. The van der Waals surface area contributed by atoms with Crippen molar-refractivity contribution in [2.75, 3.05) is 19.6 Å². The lowest BCUT2D eigenvalue weighted by atomic mass is 10.1. The summed E-state index contributed by atoms with van der Waals surface area (Å²) in [5.74, 6) is -1.12. The van der Waals surface area contributed by atoms with Gasteiger partial charge in [-0.1, -0.05) is 19.4 Å². The zero-order valence-corrected chi connectivity index (χ0v) is 15.1. The Morgan fingerprint density at radius 1 is 1.33 bits per heavy atom. The third-order valence-electron chi connectivity index (χ3n) is 4.49. The van der Waals surface area contributed by atoms with Crippen molar-refractivity contribution >= 4 is 16.0 Å². The van der Waals surface area contributed by atoms with Crippen molar-refractivity contribution in [2.45, 2.75) is 50.5 Å². The molecular formula is C17H26N2O4S. The molecule has 0 aromatic heterocycles. The van der Waals surface area contributed by atoms with E-state index >= 15 is 0 Å². The fraction of sp³-hybridized carbons (Fsp3) is 0.588. The second-order valence-corrected chi connectivity index (χ2v) is 8.09. The van der Waals surface area contributed by atoms with E-state index in [1.54, 1.807) is 6.92 Å². The highest BCUT2D eigenvalue weighted by atomic mass is 32.2. The summed E-state index contributed by atoms with van der Waals surface area (Å²) in [6.07, 6.45) is 3.88. The fourth-order valence-corrected chi connectivity index (χ4v) is 4.27. The van der Waals surface area contributed by atoms with Crippen molar-refractivity contribution in [2.24, 2.45) is 0 Å². The molecule has 1 aliphatic rings. The van der Waals surface area contributed by atoms with E-state index in [9.17, 15) is 13.2 Å². The molecule has 2 rings (SSSR count). The quantitative estimate of drug-likeness (QED) is 0.784. The molecular weight excluding hydrogens is 328 g/mol. The monoisotopic (exact) mass is 354 g/mol. The number of hydrogen-bond acceptors (Lipinski definition) is 4. The molecule has 0 saturated carbocycles. The van der Waals surface area contributed by atoms with Gasteiger partial charge in [0.2, 0.25) is 10.0 Å². The van der Waals surface area contributed by atoms with E-state index in [1.807, 2.05) is 0 Å². The maximum Gasteiger partial charge on any atom is 0.335 e. The summed E-state index contributed by atoms with van der Waals surface area (Å²) >= 11 is 0. The van der Waals surface area contributed by atoms with Gasteiger partial charge in [0.1, 0.15) is 0 Å². The molecule has 0 amide bonds. The lowest BCUT2D eigenvalue weighted by Gasteiger charge is -2.32. The minimum Gasteiger partial charge on any atom is -0.478 e. The number of likely N-dealkylation sites (tertiary alicyclic amines) is 1. The summed E-state index contributed by atoms with van der Waals surface area (Å²) in [4.78, 5) is 13.6. The van der Waals surface area contributed by atoms with Gasteiger partial charge < -0.3 is 10.0 Å². The van der Waals surface area contributed by atoms with E-state index in [-0.39, 0.29) is 16.5 Å². The molecule has 0 unspecified atom stereocenters. The highest BCUT2D eigenvalue weighted by Gasteiger charge is 2.25. The number of carbonyl (C=O) groups is 1. The zero-order chi connectivity index (χ0) is 17.7. The van der Waals surface area contributed by atoms with Crippen LogP contribution < -0.4 is 4.72 Å². The maximum absolute atomic E-state index is 12.5. The van der Waals surface area contributed by atoms with Crippen LogP contribution in [-0.2, 0) is 10.0 Å². The van der Waals surface area contributed by atoms with Gasteiger partial charge >= 0.3 is 5.97 Å². The second-order valence-electron chi connectivity index (χ2n) is 6.37. The Balaban J connectivity index is 2.02. The molecule has 0 aliphatic carbocycles. The Kier molecular flexibility index (Phi) is 6.37. The van der Waals surface area contributed by atoms with Crippen LogP contribution in [-0.4, -0.2) is 50.1 Å². The molecule has 0 radical (unpaired) electrons. The van der Waals surface area contributed by atoms with Gasteiger partial charge in [-0.25, -0.2) is 17.9 Å². The minimum absolute atomic E-state index is 0.0129. The number of rotatable bonds is 7. The van der Waals surface area contributed by atoms with E-state index in [0.29, 0.717) is 5.56 Å². The molecule has 1 fully saturated rings. The highest BCUT2D eigenvalue weighted by molar-refractivity contribution is 7.89. The average molecular weight is 354 g/mol. The molecule has 0 spiro atoms. The van der Waals surface area contributed by atoms with Crippen molar-refractivity contribution < 1.29 is 18.3 Å². The molecule has 2 N–H and O–H groups in total. The Morgan fingerprint density at radius 2 is 2.00 bits per heavy atom. The average Bonchev–Trinajstić information content (AvgIpc) is 2.54. The fourth-order valence-electron chi connectivity index (χ4n) is 2.94. The number of sulfonamides is 1. The summed E-state index contributed by atoms with van der Waals surface area (Å²) in [5, 5.41) is 9.16. The first-order valence-electron chi connectivity index (χ1n) is 8.42. The smallest absolute Gasteiger partial charge is 0.335 e. The maximum atomic E-state index is 12.5. The van der Waals surface area contributed by atoms with Crippen LogP contribution in [0.25, 0.3) is 0 Å². The Morgan fingerprint density at radius 3 is 2.58 bits per heavy atom. The Labute approximate surface area is 143 Å². The van der Waals surface area contributed by atoms with Crippen molar-refractivity contribution in [3.05, 3.63) is 29.3 Å². The standard InChI is InChI=1S/C17H26N2O4S/c1-3-4-9-19-10-7-14(8-11-19)18-24(22,23)15-6-5-13(2)16(12-15)17(20)21/h5-6,12,14,18H,3-4,7-11H2,1-2H3,(H,20,21). The first-order valence-corrected chi connectivity index (χ1v) is 9.90. The second kappa shape index (κ2) is 8.09. The van der Waals surface area contributed by atoms with Gasteiger partial charge in [-0.15, -0.1) is 0 Å². The number of nitrogens with zero attached hydrogens (tertiary/aromatic N) is 1. The van der Waals surface area contributed by atoms with Crippen LogP contribution in [0.5, 0.6) is 0 Å². The third-order valence-corrected chi connectivity index (χ3v) is 6.01. The SMILES string of the molecule is CCCCN1CCC(NS(=O)(=O)c2ccc(C)c(C(=O)O)c2)CC1. The molecule has 1 heterocycles. The lowest BCUT2D eigenvalue weighted by molar-refractivity contribution is 0.0696. The normalized spacial score (nSPS) is 17.1. The number of benzene rings is 1. The summed E-state index contributed by atoms with van der Waals surface area (Å²) in [7, 11) is -3.70. The van der Waals surface area contributed by atoms with Gasteiger partial charge in [0.15, 0.2) is 0 Å². The van der Waals surface area contributed by atoms with E-state index < -0.39 is 16.0 Å². The number of hydrogen-bond donors (Lipinski definition) is 2. The number of nitrogens with one attached hydrogen (secondary N) is 1. The van der Waals surface area contributed by atoms with E-state index in [2.05, 4.69) is 16.5 Å². The third kappa shape index (κ3) is 4.78. The number of aromatic carboxylic acids is 1. The van der Waals surface area contributed by atoms with Gasteiger partial charge in [0.25, 0.3) is 0 Å². The van der Waals surface area contributed by atoms with Crippen LogP contribution in [0.2, 0.25) is 0 Å². The molecule has 0 atom stereocenters. The predicted octanol–water partition coefficient (Wildman–Crippen LogP) is 2.24. The van der Waals surface area contributed by atoms with Crippen LogP contribution in [0, 0.1) is 6.92 Å². The summed E-state index contributed by atoms with van der Waals surface area (Å²) < 4.78 is 27.8. The van der Waals surface area contributed by atoms with Gasteiger partial charge in [-0.3, -0.25) is 0 Å². The Bertz CT molecular complexity index is 680. The summed E-state index contributed by atoms with van der Waals surface area (Å²) in [6.45, 7) is 6.66. The number of aryl methyl sites for hydroxylation is 1. The molecule has 134 valence electrons. The van der Waals surface area contributed by atoms with Gasteiger partial charge in [-0.2, -0.15) is 0 Å². The number of unbranched alkanes of at least 4 members (excludes halogenated alkanes) is 1. The molecule has 1 saturated heterocycles. The number of piperidine rings is 1. The van der Waals surface area contributed by atoms with Crippen molar-refractivity contribution in [1.29, 1.82) is 0 Å². The number of carboxylic acid groups (broad SMARTS) is 1. The lowest BCUT2D eigenvalue weighted by Crippen LogP contribution is -2.44. The minimum atomic E-state index is -3.70. The topological polar surface area (TPSA) is 86.7 Å². The Hall–Kier alpha value is -1.44. The molecule has 0 bridgehead atoms. The highest BCUT2D eigenvalue weighted by Crippen LogP contribution is 2.18. The molecule has 1 aromatic carbocycles. The van der Waals surface area contributed by atoms with E-state index in [1.165, 1.54) is 18.2 Å². The molecule has 6 nitrogen and oxygen atoms in total. The summed E-state index contributed by atoms with van der Waals surface area (Å²) in [5.41, 5.74) is 0.568. The van der Waals surface area contributed by atoms with Crippen molar-refractivity contribution in [3.8, 4) is 0 Å². The van der Waals surface area contributed by atoms with Gasteiger partial charge in [0, 0.05) is 6.04 Å². The van der Waals surface area contributed by atoms with Crippen LogP contribution in [0.1, 0.15) is 48.5 Å². The van der Waals surface area contributed by atoms with Gasteiger partial charge in [-0.05, 0) is 63.5 Å². The largest absolute Gasteiger partial charge is 0.478 e. The molecule has 1 aliphatic heterocycles. The summed E-state index contributed by atoms with van der Waals surface area (Å²) in [6, 6.07) is 4.13. The van der Waals surface area contributed by atoms with E-state index in [4.69, 9.17) is 5.11 Å². The van der Waals surface area contributed by atoms with Gasteiger partial charge in [0.05, 0.1) is 10.5 Å². The van der Waals surface area contributed by atoms with Crippen LogP contribution in [0.4, 0.5) is 0 Å².